The Labute approximate surface area is 171 Å². The monoisotopic (exact) mass is 396 g/mol. The van der Waals surface area contributed by atoms with Crippen LogP contribution in [0.15, 0.2) is 48.5 Å². The van der Waals surface area contributed by atoms with E-state index in [2.05, 4.69) is 17.6 Å². The molecule has 0 radical (unpaired) electrons. The summed E-state index contributed by atoms with van der Waals surface area (Å²) in [6.45, 7) is 3.91. The van der Waals surface area contributed by atoms with Crippen molar-refractivity contribution in [2.75, 3.05) is 25.1 Å². The Morgan fingerprint density at radius 1 is 1.14 bits per heavy atom. The minimum Gasteiger partial charge on any atom is -0.493 e. The largest absolute Gasteiger partial charge is 0.493 e. The summed E-state index contributed by atoms with van der Waals surface area (Å²) in [4.78, 5) is 25.2. The Kier molecular flexibility index (Phi) is 7.64. The van der Waals surface area contributed by atoms with Gasteiger partial charge in [-0.25, -0.2) is 0 Å². The zero-order valence-electron chi connectivity index (χ0n) is 16.8. The molecule has 29 heavy (non-hydrogen) atoms. The van der Waals surface area contributed by atoms with Gasteiger partial charge in [0.1, 0.15) is 5.75 Å². The molecule has 1 fully saturated rings. The number of ether oxygens (including phenoxy) is 2. The highest BCUT2D eigenvalue weighted by Gasteiger charge is 2.17. The zero-order valence-corrected chi connectivity index (χ0v) is 16.8. The van der Waals surface area contributed by atoms with Crippen molar-refractivity contribution in [3.63, 3.8) is 0 Å². The minimum atomic E-state index is -0.269. The van der Waals surface area contributed by atoms with Crippen LogP contribution in [-0.2, 0) is 4.74 Å². The van der Waals surface area contributed by atoms with E-state index in [0.717, 1.165) is 32.3 Å². The number of unbranched alkanes of at least 4 members (excludes halogenated alkanes) is 1. The number of anilines is 1. The summed E-state index contributed by atoms with van der Waals surface area (Å²) in [6.07, 6.45) is 4.04. The van der Waals surface area contributed by atoms with Gasteiger partial charge in [0.05, 0.1) is 18.3 Å². The van der Waals surface area contributed by atoms with E-state index in [4.69, 9.17) is 9.47 Å². The molecule has 1 heterocycles. The second-order valence-electron chi connectivity index (χ2n) is 7.08. The van der Waals surface area contributed by atoms with E-state index < -0.39 is 0 Å². The third-order valence-corrected chi connectivity index (χ3v) is 4.78. The molecule has 1 unspecified atom stereocenters. The van der Waals surface area contributed by atoms with Crippen LogP contribution in [0.3, 0.4) is 0 Å². The topological polar surface area (TPSA) is 76.7 Å². The molecule has 6 nitrogen and oxygen atoms in total. The van der Waals surface area contributed by atoms with Gasteiger partial charge in [0.15, 0.2) is 0 Å². The lowest BCUT2D eigenvalue weighted by Gasteiger charge is -2.13. The molecule has 3 rings (SSSR count). The number of carbonyl (C=O) groups excluding carboxylic acids is 2. The van der Waals surface area contributed by atoms with Crippen LogP contribution in [0.5, 0.6) is 5.75 Å². The van der Waals surface area contributed by atoms with Crippen LogP contribution in [0.1, 0.15) is 53.3 Å². The van der Waals surface area contributed by atoms with Crippen molar-refractivity contribution >= 4 is 17.5 Å². The first-order valence-corrected chi connectivity index (χ1v) is 10.2. The summed E-state index contributed by atoms with van der Waals surface area (Å²) < 4.78 is 11.3. The number of carbonyl (C=O) groups is 2. The van der Waals surface area contributed by atoms with Gasteiger partial charge in [-0.05, 0) is 49.6 Å². The van der Waals surface area contributed by atoms with Gasteiger partial charge in [-0.2, -0.15) is 0 Å². The Hall–Kier alpha value is -2.86. The van der Waals surface area contributed by atoms with Crippen molar-refractivity contribution in [2.24, 2.45) is 0 Å². The molecule has 2 amide bonds. The summed E-state index contributed by atoms with van der Waals surface area (Å²) in [7, 11) is 0. The van der Waals surface area contributed by atoms with Gasteiger partial charge in [-0.15, -0.1) is 0 Å². The highest BCUT2D eigenvalue weighted by Crippen LogP contribution is 2.21. The van der Waals surface area contributed by atoms with Gasteiger partial charge in [0.2, 0.25) is 0 Å². The minimum absolute atomic E-state index is 0.0889. The van der Waals surface area contributed by atoms with Crippen molar-refractivity contribution < 1.29 is 19.1 Å². The van der Waals surface area contributed by atoms with Crippen LogP contribution in [0.4, 0.5) is 5.69 Å². The van der Waals surface area contributed by atoms with Crippen LogP contribution in [-0.4, -0.2) is 37.7 Å². The first-order valence-electron chi connectivity index (χ1n) is 10.2. The van der Waals surface area contributed by atoms with E-state index in [0.29, 0.717) is 35.7 Å². The maximum absolute atomic E-state index is 12.7. The molecule has 0 spiro atoms. The predicted octanol–water partition coefficient (Wildman–Crippen LogP) is 4.03. The highest BCUT2D eigenvalue weighted by molar-refractivity contribution is 6.06. The fraction of sp³-hybridized carbons (Fsp3) is 0.391. The number of para-hydroxylation sites is 1. The maximum Gasteiger partial charge on any atom is 0.259 e. The predicted molar refractivity (Wildman–Crippen MR) is 113 cm³/mol. The Bertz CT molecular complexity index is 831. The molecule has 1 atom stereocenters. The molecule has 0 aromatic heterocycles. The lowest BCUT2D eigenvalue weighted by molar-refractivity contribution is 0.0857. The summed E-state index contributed by atoms with van der Waals surface area (Å²) in [5.74, 6) is 0.109. The van der Waals surface area contributed by atoms with E-state index in [1.807, 2.05) is 6.07 Å². The zero-order chi connectivity index (χ0) is 20.5. The van der Waals surface area contributed by atoms with Crippen LogP contribution in [0.25, 0.3) is 0 Å². The van der Waals surface area contributed by atoms with E-state index in [1.165, 1.54) is 0 Å². The molecule has 2 N–H and O–H groups in total. The molecule has 1 aliphatic heterocycles. The molecule has 2 aromatic rings. The lowest BCUT2D eigenvalue weighted by Crippen LogP contribution is -2.31. The second-order valence-corrected chi connectivity index (χ2v) is 7.08. The fourth-order valence-electron chi connectivity index (χ4n) is 3.16. The fourth-order valence-corrected chi connectivity index (χ4v) is 3.16. The summed E-state index contributed by atoms with van der Waals surface area (Å²) >= 11 is 0. The molecule has 0 aliphatic carbocycles. The Morgan fingerprint density at radius 3 is 2.79 bits per heavy atom. The number of benzene rings is 2. The second kappa shape index (κ2) is 10.6. The first-order chi connectivity index (χ1) is 14.2. The average Bonchev–Trinajstić information content (AvgIpc) is 3.26. The standard InChI is InChI=1S/C23H28N2O4/c1-2-3-13-29-21-12-5-4-11-20(21)23(27)25-18-9-6-8-17(15-18)22(26)24-16-19-10-7-14-28-19/h4-6,8-9,11-12,15,19H,2-3,7,10,13-14,16H2,1H3,(H,24,26)(H,25,27). The third-order valence-electron chi connectivity index (χ3n) is 4.78. The van der Waals surface area contributed by atoms with Gasteiger partial charge in [0, 0.05) is 24.4 Å². The molecule has 1 saturated heterocycles. The van der Waals surface area contributed by atoms with E-state index in [9.17, 15) is 9.59 Å². The van der Waals surface area contributed by atoms with Crippen molar-refractivity contribution in [3.8, 4) is 5.75 Å². The van der Waals surface area contributed by atoms with E-state index in [-0.39, 0.29) is 17.9 Å². The van der Waals surface area contributed by atoms with Crippen molar-refractivity contribution in [3.05, 3.63) is 59.7 Å². The molecule has 2 aromatic carbocycles. The molecular weight excluding hydrogens is 368 g/mol. The molecular formula is C23H28N2O4. The quantitative estimate of drug-likeness (QED) is 0.628. The number of nitrogens with one attached hydrogen (secondary N) is 2. The smallest absolute Gasteiger partial charge is 0.259 e. The van der Waals surface area contributed by atoms with Gasteiger partial charge in [0.25, 0.3) is 11.8 Å². The molecule has 6 heteroatoms. The molecule has 0 saturated carbocycles. The summed E-state index contributed by atoms with van der Waals surface area (Å²) in [5, 5.41) is 5.75. The molecule has 154 valence electrons. The van der Waals surface area contributed by atoms with Crippen molar-refractivity contribution in [1.29, 1.82) is 0 Å². The van der Waals surface area contributed by atoms with Crippen molar-refractivity contribution in [1.82, 2.24) is 5.32 Å². The van der Waals surface area contributed by atoms with E-state index in [1.54, 1.807) is 42.5 Å². The average molecular weight is 396 g/mol. The number of rotatable bonds is 9. The van der Waals surface area contributed by atoms with Crippen LogP contribution in [0.2, 0.25) is 0 Å². The molecule has 0 bridgehead atoms. The lowest BCUT2D eigenvalue weighted by atomic mass is 10.1. The summed E-state index contributed by atoms with van der Waals surface area (Å²) in [5.41, 5.74) is 1.52. The van der Waals surface area contributed by atoms with Gasteiger partial charge < -0.3 is 20.1 Å². The van der Waals surface area contributed by atoms with Crippen LogP contribution >= 0.6 is 0 Å². The van der Waals surface area contributed by atoms with Crippen LogP contribution in [0, 0.1) is 0 Å². The number of hydrogen-bond acceptors (Lipinski definition) is 4. The number of hydrogen-bond donors (Lipinski definition) is 2. The van der Waals surface area contributed by atoms with Crippen LogP contribution < -0.4 is 15.4 Å². The van der Waals surface area contributed by atoms with Gasteiger partial charge in [-0.3, -0.25) is 9.59 Å². The first kappa shape index (κ1) is 20.9. The summed E-state index contributed by atoms with van der Waals surface area (Å²) in [6, 6.07) is 14.1. The normalized spacial score (nSPS) is 15.7. The Balaban J connectivity index is 1.62. The Morgan fingerprint density at radius 2 is 2.00 bits per heavy atom. The van der Waals surface area contributed by atoms with Crippen molar-refractivity contribution in [2.45, 2.75) is 38.7 Å². The highest BCUT2D eigenvalue weighted by atomic mass is 16.5. The van der Waals surface area contributed by atoms with Gasteiger partial charge in [-0.1, -0.05) is 31.5 Å². The SMILES string of the molecule is CCCCOc1ccccc1C(=O)Nc1cccc(C(=O)NCC2CCCO2)c1. The van der Waals surface area contributed by atoms with Gasteiger partial charge >= 0.3 is 0 Å². The maximum atomic E-state index is 12.7. The number of amides is 2. The molecule has 1 aliphatic rings. The van der Waals surface area contributed by atoms with E-state index >= 15 is 0 Å². The third kappa shape index (κ3) is 6.06.